The summed E-state index contributed by atoms with van der Waals surface area (Å²) in [5, 5.41) is 13.2. The summed E-state index contributed by atoms with van der Waals surface area (Å²) in [6, 6.07) is 8.47. The molecule has 0 unspecified atom stereocenters. The van der Waals surface area contributed by atoms with Crippen molar-refractivity contribution < 1.29 is 9.72 Å². The Hall–Kier alpha value is -2.90. The van der Waals surface area contributed by atoms with E-state index in [9.17, 15) is 14.9 Å². The third kappa shape index (κ3) is 2.86. The van der Waals surface area contributed by atoms with Crippen molar-refractivity contribution in [1.29, 1.82) is 0 Å². The van der Waals surface area contributed by atoms with Crippen molar-refractivity contribution in [3.63, 3.8) is 0 Å². The van der Waals surface area contributed by atoms with Gasteiger partial charge in [-0.3, -0.25) is 15.5 Å². The Labute approximate surface area is 108 Å². The average Bonchev–Trinajstić information content (AvgIpc) is 2.41. The topological polar surface area (TPSA) is 109 Å². The van der Waals surface area contributed by atoms with Crippen molar-refractivity contribution in [3.05, 3.63) is 57.5 Å². The Morgan fingerprint density at radius 2 is 2.00 bits per heavy atom. The number of benzene rings is 1. The molecule has 1 aromatic rings. The summed E-state index contributed by atoms with van der Waals surface area (Å²) in [5.41, 5.74) is 5.82. The fourth-order valence-corrected chi connectivity index (χ4v) is 1.43. The fourth-order valence-electron chi connectivity index (χ4n) is 1.43. The van der Waals surface area contributed by atoms with E-state index in [0.29, 0.717) is 5.56 Å². The fraction of sp³-hybridized carbons (Fsp3) is 0.0909. The number of nitrogens with one attached hydrogen (secondary N) is 3. The van der Waals surface area contributed by atoms with Crippen LogP contribution < -0.4 is 16.2 Å². The minimum Gasteiger partial charge on any atom is -0.358 e. The highest BCUT2D eigenvalue weighted by atomic mass is 16.6. The molecule has 1 aliphatic heterocycles. The quantitative estimate of drug-likeness (QED) is 0.525. The van der Waals surface area contributed by atoms with Gasteiger partial charge in [-0.2, -0.15) is 0 Å². The van der Waals surface area contributed by atoms with Crippen molar-refractivity contribution in [2.24, 2.45) is 4.99 Å². The van der Waals surface area contributed by atoms with E-state index < -0.39 is 10.8 Å². The summed E-state index contributed by atoms with van der Waals surface area (Å²) in [6.07, 6.45) is 0. The molecule has 8 heteroatoms. The van der Waals surface area contributed by atoms with Gasteiger partial charge in [-0.1, -0.05) is 18.2 Å². The molecule has 0 aromatic heterocycles. The van der Waals surface area contributed by atoms with Crippen LogP contribution >= 0.6 is 0 Å². The lowest BCUT2D eigenvalue weighted by atomic mass is 10.2. The second kappa shape index (κ2) is 5.17. The average molecular weight is 261 g/mol. The number of aliphatic imine (C=N–C) groups is 1. The molecule has 3 N–H and O–H groups in total. The molecule has 0 saturated carbocycles. The van der Waals surface area contributed by atoms with E-state index in [0.717, 1.165) is 0 Å². The Morgan fingerprint density at radius 3 is 2.63 bits per heavy atom. The van der Waals surface area contributed by atoms with Gasteiger partial charge < -0.3 is 10.1 Å². The maximum absolute atomic E-state index is 11.8. The molecule has 98 valence electrons. The normalized spacial score (nSPS) is 14.1. The van der Waals surface area contributed by atoms with Crippen LogP contribution in [0.2, 0.25) is 0 Å². The Kier molecular flexibility index (Phi) is 3.42. The number of nitrogens with zero attached hydrogens (tertiary/aromatic N) is 2. The van der Waals surface area contributed by atoms with E-state index in [-0.39, 0.29) is 17.5 Å². The second-order valence-electron chi connectivity index (χ2n) is 3.74. The number of carbonyl (C=O) groups excluding carboxylic acids is 1. The van der Waals surface area contributed by atoms with E-state index in [2.05, 4.69) is 21.2 Å². The summed E-state index contributed by atoms with van der Waals surface area (Å²) in [5.74, 6) is -0.774. The lowest BCUT2D eigenvalue weighted by Crippen LogP contribution is -2.49. The first-order chi connectivity index (χ1) is 9.08. The minimum atomic E-state index is -0.627. The molecule has 1 amide bonds. The van der Waals surface area contributed by atoms with E-state index in [1.165, 1.54) is 6.92 Å². The summed E-state index contributed by atoms with van der Waals surface area (Å²) in [6.45, 7) is 1.50. The number of guanidine groups is 1. The highest BCUT2D eigenvalue weighted by Gasteiger charge is 2.24. The van der Waals surface area contributed by atoms with Gasteiger partial charge in [0.2, 0.25) is 0 Å². The Balaban J connectivity index is 2.15. The van der Waals surface area contributed by atoms with Crippen molar-refractivity contribution in [1.82, 2.24) is 16.2 Å². The Bertz CT molecular complexity index is 579. The van der Waals surface area contributed by atoms with Gasteiger partial charge >= 0.3 is 11.8 Å². The van der Waals surface area contributed by atoms with Gasteiger partial charge in [-0.15, -0.1) is 0 Å². The van der Waals surface area contributed by atoms with E-state index in [4.69, 9.17) is 0 Å². The molecule has 0 aliphatic carbocycles. The highest BCUT2D eigenvalue weighted by molar-refractivity contribution is 6.05. The van der Waals surface area contributed by atoms with Gasteiger partial charge in [0.05, 0.1) is 0 Å². The van der Waals surface area contributed by atoms with Crippen LogP contribution in [0.15, 0.2) is 46.8 Å². The minimum absolute atomic E-state index is 0.0221. The van der Waals surface area contributed by atoms with Crippen LogP contribution in [0, 0.1) is 10.1 Å². The molecular weight excluding hydrogens is 250 g/mol. The maximum atomic E-state index is 11.8. The third-order valence-corrected chi connectivity index (χ3v) is 2.36. The highest BCUT2D eigenvalue weighted by Crippen LogP contribution is 2.06. The number of hydrogen-bond donors (Lipinski definition) is 3. The van der Waals surface area contributed by atoms with Crippen LogP contribution in [0.1, 0.15) is 17.3 Å². The molecule has 0 spiro atoms. The second-order valence-corrected chi connectivity index (χ2v) is 3.74. The molecule has 1 aliphatic rings. The number of hydrazine groups is 1. The van der Waals surface area contributed by atoms with Gasteiger partial charge in [-0.25, -0.2) is 5.43 Å². The van der Waals surface area contributed by atoms with Gasteiger partial charge in [-0.05, 0) is 24.0 Å². The first kappa shape index (κ1) is 12.6. The number of nitro groups is 1. The zero-order valence-corrected chi connectivity index (χ0v) is 10.0. The van der Waals surface area contributed by atoms with Crippen molar-refractivity contribution in [3.8, 4) is 0 Å². The number of hydrogen-bond acceptors (Lipinski definition) is 6. The van der Waals surface area contributed by atoms with Crippen molar-refractivity contribution >= 4 is 11.9 Å². The van der Waals surface area contributed by atoms with Crippen LogP contribution in [0.3, 0.4) is 0 Å². The zero-order valence-electron chi connectivity index (χ0n) is 10.0. The molecule has 19 heavy (non-hydrogen) atoms. The van der Waals surface area contributed by atoms with Crippen LogP contribution in [-0.4, -0.2) is 16.8 Å². The molecular formula is C11H11N5O3. The molecule has 1 heterocycles. The Morgan fingerprint density at radius 1 is 1.32 bits per heavy atom. The maximum Gasteiger partial charge on any atom is 0.388 e. The van der Waals surface area contributed by atoms with Crippen LogP contribution in [-0.2, 0) is 0 Å². The van der Waals surface area contributed by atoms with E-state index in [1.807, 2.05) is 0 Å². The van der Waals surface area contributed by atoms with Gasteiger partial charge in [0, 0.05) is 10.6 Å². The summed E-state index contributed by atoms with van der Waals surface area (Å²) < 4.78 is 0. The van der Waals surface area contributed by atoms with Crippen LogP contribution in [0.5, 0.6) is 0 Å². The summed E-state index contributed by atoms with van der Waals surface area (Å²) in [7, 11) is 0. The molecule has 0 saturated heterocycles. The van der Waals surface area contributed by atoms with Crippen molar-refractivity contribution in [2.75, 3.05) is 0 Å². The lowest BCUT2D eigenvalue weighted by molar-refractivity contribution is -0.427. The smallest absolute Gasteiger partial charge is 0.358 e. The molecule has 2 rings (SSSR count). The molecule has 0 fully saturated rings. The predicted octanol–water partition coefficient (Wildman–Crippen LogP) is 0.346. The number of amides is 1. The van der Waals surface area contributed by atoms with Crippen LogP contribution in [0.4, 0.5) is 0 Å². The monoisotopic (exact) mass is 261 g/mol. The molecule has 0 atom stereocenters. The zero-order chi connectivity index (χ0) is 13.8. The van der Waals surface area contributed by atoms with E-state index in [1.54, 1.807) is 30.3 Å². The number of rotatable bonds is 2. The standard InChI is InChI=1S/C11H11N5O3/c1-7-9(16(18)19)12-11(15-14-7)13-10(17)8-5-3-2-4-6-8/h2-6,14H,1H3,(H2,12,13,15,17). The van der Waals surface area contributed by atoms with Crippen LogP contribution in [0.25, 0.3) is 0 Å². The third-order valence-electron chi connectivity index (χ3n) is 2.36. The SMILES string of the molecule is CC1=C([N+](=O)[O-])N=C(NC(=O)c2ccccc2)NN1. The van der Waals surface area contributed by atoms with Crippen molar-refractivity contribution in [2.45, 2.75) is 6.92 Å². The molecule has 8 nitrogen and oxygen atoms in total. The largest absolute Gasteiger partial charge is 0.388 e. The van der Waals surface area contributed by atoms with Gasteiger partial charge in [0.1, 0.15) is 5.70 Å². The number of allylic oxidation sites excluding steroid dienone is 1. The molecule has 0 radical (unpaired) electrons. The lowest BCUT2D eigenvalue weighted by Gasteiger charge is -2.14. The molecule has 1 aromatic carbocycles. The number of carbonyl (C=O) groups is 1. The first-order valence-corrected chi connectivity index (χ1v) is 5.40. The molecule has 0 bridgehead atoms. The first-order valence-electron chi connectivity index (χ1n) is 5.40. The predicted molar refractivity (Wildman–Crippen MR) is 67.3 cm³/mol. The summed E-state index contributed by atoms with van der Waals surface area (Å²) in [4.78, 5) is 25.6. The van der Waals surface area contributed by atoms with Gasteiger partial charge in [0.15, 0.2) is 0 Å². The van der Waals surface area contributed by atoms with Gasteiger partial charge in [0.25, 0.3) is 5.91 Å². The summed E-state index contributed by atoms with van der Waals surface area (Å²) >= 11 is 0. The van der Waals surface area contributed by atoms with E-state index >= 15 is 0 Å².